The lowest BCUT2D eigenvalue weighted by Crippen LogP contribution is -2.08. The quantitative estimate of drug-likeness (QED) is 0.416. The third-order valence-electron chi connectivity index (χ3n) is 4.45. The maximum absolute atomic E-state index is 11.9. The zero-order chi connectivity index (χ0) is 19.8. The number of aromatic nitrogens is 4. The van der Waals surface area contributed by atoms with Crippen LogP contribution in [0.3, 0.4) is 0 Å². The Morgan fingerprint density at radius 2 is 2.04 bits per heavy atom. The first-order valence-corrected chi connectivity index (χ1v) is 8.72. The molecule has 0 aliphatic heterocycles. The van der Waals surface area contributed by atoms with Crippen LogP contribution in [0.25, 0.3) is 21.9 Å². The molecule has 2 N–H and O–H groups in total. The monoisotopic (exact) mass is 397 g/mol. The molecule has 142 valence electrons. The fourth-order valence-electron chi connectivity index (χ4n) is 3.26. The SMILES string of the molecule is COC(=O)c1cnc(OC)c(Cn2c3ccccc3c3nc(N)nc(Cl)c32)c1. The minimum absolute atomic E-state index is 0.104. The number of nitrogens with zero attached hydrogens (tertiary/aromatic N) is 4. The highest BCUT2D eigenvalue weighted by atomic mass is 35.5. The molecule has 0 radical (unpaired) electrons. The molecular formula is C19H16ClN5O3. The summed E-state index contributed by atoms with van der Waals surface area (Å²) in [6.07, 6.45) is 1.41. The fraction of sp³-hybridized carbons (Fsp3) is 0.158. The van der Waals surface area contributed by atoms with Gasteiger partial charge in [-0.15, -0.1) is 0 Å². The molecule has 0 amide bonds. The second-order valence-electron chi connectivity index (χ2n) is 6.06. The predicted molar refractivity (Wildman–Crippen MR) is 106 cm³/mol. The summed E-state index contributed by atoms with van der Waals surface area (Å²) in [7, 11) is 2.84. The summed E-state index contributed by atoms with van der Waals surface area (Å²) < 4.78 is 12.1. The first-order valence-electron chi connectivity index (χ1n) is 8.34. The number of hydrogen-bond donors (Lipinski definition) is 1. The molecule has 1 aromatic carbocycles. The molecule has 0 aliphatic rings. The Bertz CT molecular complexity index is 1220. The van der Waals surface area contributed by atoms with E-state index in [1.165, 1.54) is 20.4 Å². The molecule has 4 aromatic rings. The number of esters is 1. The third-order valence-corrected chi connectivity index (χ3v) is 4.71. The van der Waals surface area contributed by atoms with Gasteiger partial charge in [-0.2, -0.15) is 4.98 Å². The highest BCUT2D eigenvalue weighted by Gasteiger charge is 2.19. The molecule has 3 heterocycles. The molecule has 4 rings (SSSR count). The summed E-state index contributed by atoms with van der Waals surface area (Å²) in [6.45, 7) is 0.331. The van der Waals surface area contributed by atoms with Gasteiger partial charge >= 0.3 is 5.97 Å². The number of ether oxygens (including phenoxy) is 2. The number of benzene rings is 1. The van der Waals surface area contributed by atoms with Crippen LogP contribution in [0.15, 0.2) is 36.5 Å². The van der Waals surface area contributed by atoms with Crippen molar-refractivity contribution in [1.29, 1.82) is 0 Å². The second kappa shape index (κ2) is 6.97. The van der Waals surface area contributed by atoms with E-state index in [1.807, 2.05) is 28.8 Å². The van der Waals surface area contributed by atoms with E-state index in [0.717, 1.165) is 10.9 Å². The van der Waals surface area contributed by atoms with E-state index < -0.39 is 5.97 Å². The summed E-state index contributed by atoms with van der Waals surface area (Å²) in [6, 6.07) is 9.41. The molecular weight excluding hydrogens is 382 g/mol. The van der Waals surface area contributed by atoms with Crippen LogP contribution >= 0.6 is 11.6 Å². The standard InChI is InChI=1S/C19H16ClN5O3/c1-27-17-11(7-10(8-22-17)18(26)28-2)9-25-13-6-4-3-5-12(13)14-15(25)16(20)24-19(21)23-14/h3-8H,9H2,1-2H3,(H2,21,23,24). The van der Waals surface area contributed by atoms with E-state index in [1.54, 1.807) is 6.07 Å². The molecule has 8 nitrogen and oxygen atoms in total. The lowest BCUT2D eigenvalue weighted by molar-refractivity contribution is 0.0600. The average molecular weight is 398 g/mol. The van der Waals surface area contributed by atoms with Crippen LogP contribution in [0.2, 0.25) is 5.15 Å². The molecule has 0 spiro atoms. The van der Waals surface area contributed by atoms with E-state index in [4.69, 9.17) is 26.8 Å². The first-order chi connectivity index (χ1) is 13.5. The van der Waals surface area contributed by atoms with Crippen LogP contribution in [0, 0.1) is 0 Å². The van der Waals surface area contributed by atoms with Gasteiger partial charge < -0.3 is 19.8 Å². The lowest BCUT2D eigenvalue weighted by atomic mass is 10.2. The number of rotatable bonds is 4. The predicted octanol–water partition coefficient (Wildman–Crippen LogP) is 3.06. The maximum atomic E-state index is 11.9. The third kappa shape index (κ3) is 2.87. The number of anilines is 1. The van der Waals surface area contributed by atoms with Crippen molar-refractivity contribution in [2.24, 2.45) is 0 Å². The van der Waals surface area contributed by atoms with E-state index in [-0.39, 0.29) is 11.1 Å². The molecule has 9 heteroatoms. The van der Waals surface area contributed by atoms with Gasteiger partial charge in [0.25, 0.3) is 0 Å². The smallest absolute Gasteiger partial charge is 0.339 e. The number of pyridine rings is 1. The Kier molecular flexibility index (Phi) is 4.48. The van der Waals surface area contributed by atoms with Crippen molar-refractivity contribution in [3.63, 3.8) is 0 Å². The van der Waals surface area contributed by atoms with E-state index >= 15 is 0 Å². The van der Waals surface area contributed by atoms with Crippen LogP contribution in [0.1, 0.15) is 15.9 Å². The number of hydrogen-bond acceptors (Lipinski definition) is 7. The van der Waals surface area contributed by atoms with Gasteiger partial charge in [0, 0.05) is 17.1 Å². The van der Waals surface area contributed by atoms with Gasteiger partial charge in [0.1, 0.15) is 11.0 Å². The van der Waals surface area contributed by atoms with Gasteiger partial charge in [-0.3, -0.25) is 0 Å². The van der Waals surface area contributed by atoms with Gasteiger partial charge in [0.15, 0.2) is 5.15 Å². The summed E-state index contributed by atoms with van der Waals surface area (Å²) in [5.41, 5.74) is 8.99. The van der Waals surface area contributed by atoms with Crippen LogP contribution in [-0.4, -0.2) is 39.7 Å². The molecule has 0 fully saturated rings. The Morgan fingerprint density at radius 3 is 2.79 bits per heavy atom. The van der Waals surface area contributed by atoms with Gasteiger partial charge in [0.05, 0.1) is 31.8 Å². The minimum Gasteiger partial charge on any atom is -0.481 e. The summed E-state index contributed by atoms with van der Waals surface area (Å²) in [5, 5.41) is 1.14. The minimum atomic E-state index is -0.479. The van der Waals surface area contributed by atoms with Crippen LogP contribution in [0.5, 0.6) is 5.88 Å². The number of carbonyl (C=O) groups is 1. The van der Waals surface area contributed by atoms with Crippen LogP contribution in [-0.2, 0) is 11.3 Å². The van der Waals surface area contributed by atoms with E-state index in [2.05, 4.69) is 15.0 Å². The van der Waals surface area contributed by atoms with Crippen molar-refractivity contribution in [1.82, 2.24) is 19.5 Å². The topological polar surface area (TPSA) is 105 Å². The average Bonchev–Trinajstić information content (AvgIpc) is 3.01. The van der Waals surface area contributed by atoms with Gasteiger partial charge in [0.2, 0.25) is 11.8 Å². The van der Waals surface area contributed by atoms with Crippen molar-refractivity contribution >= 4 is 45.5 Å². The Morgan fingerprint density at radius 1 is 1.25 bits per heavy atom. The number of para-hydroxylation sites is 1. The Hall–Kier alpha value is -3.39. The molecule has 0 aliphatic carbocycles. The maximum Gasteiger partial charge on any atom is 0.339 e. The number of nitrogens with two attached hydrogens (primary N) is 1. The van der Waals surface area contributed by atoms with Crippen molar-refractivity contribution in [3.8, 4) is 5.88 Å². The van der Waals surface area contributed by atoms with Crippen molar-refractivity contribution in [2.75, 3.05) is 20.0 Å². The largest absolute Gasteiger partial charge is 0.481 e. The molecule has 0 unspecified atom stereocenters. The number of methoxy groups -OCH3 is 2. The zero-order valence-electron chi connectivity index (χ0n) is 15.1. The number of carbonyl (C=O) groups excluding carboxylic acids is 1. The van der Waals surface area contributed by atoms with Crippen LogP contribution < -0.4 is 10.5 Å². The fourth-order valence-corrected chi connectivity index (χ4v) is 3.54. The Balaban J connectivity index is 1.96. The zero-order valence-corrected chi connectivity index (χ0v) is 15.9. The molecule has 0 bridgehead atoms. The number of halogens is 1. The van der Waals surface area contributed by atoms with Crippen LogP contribution in [0.4, 0.5) is 5.95 Å². The number of nitrogen functional groups attached to an aromatic ring is 1. The van der Waals surface area contributed by atoms with E-state index in [0.29, 0.717) is 34.6 Å². The first kappa shape index (κ1) is 18.0. The Labute approximate surface area is 164 Å². The second-order valence-corrected chi connectivity index (χ2v) is 6.42. The van der Waals surface area contributed by atoms with Crippen molar-refractivity contribution in [2.45, 2.75) is 6.54 Å². The lowest BCUT2D eigenvalue weighted by Gasteiger charge is -2.12. The summed E-state index contributed by atoms with van der Waals surface area (Å²) in [4.78, 5) is 24.6. The van der Waals surface area contributed by atoms with Crippen molar-refractivity contribution in [3.05, 3.63) is 52.8 Å². The van der Waals surface area contributed by atoms with Crippen molar-refractivity contribution < 1.29 is 14.3 Å². The summed E-state index contributed by atoms with van der Waals surface area (Å²) >= 11 is 6.41. The number of fused-ring (bicyclic) bond motifs is 3. The highest BCUT2D eigenvalue weighted by molar-refractivity contribution is 6.35. The molecule has 0 atom stereocenters. The van der Waals surface area contributed by atoms with Gasteiger partial charge in [-0.1, -0.05) is 29.8 Å². The molecule has 0 saturated heterocycles. The van der Waals surface area contributed by atoms with E-state index in [9.17, 15) is 4.79 Å². The molecule has 28 heavy (non-hydrogen) atoms. The normalized spacial score (nSPS) is 11.1. The van der Waals surface area contributed by atoms with Gasteiger partial charge in [-0.25, -0.2) is 14.8 Å². The van der Waals surface area contributed by atoms with Gasteiger partial charge in [-0.05, 0) is 12.1 Å². The summed E-state index contributed by atoms with van der Waals surface area (Å²) in [5.74, 6) is 0.0196. The highest BCUT2D eigenvalue weighted by Crippen LogP contribution is 2.33. The molecule has 0 saturated carbocycles. The molecule has 3 aromatic heterocycles.